The van der Waals surface area contributed by atoms with Crippen LogP contribution in [-0.4, -0.2) is 30.8 Å². The Morgan fingerprint density at radius 2 is 1.63 bits per heavy atom. The number of halogens is 1. The minimum Gasteiger partial charge on any atom is -0.380 e. The van der Waals surface area contributed by atoms with Crippen LogP contribution in [0.15, 0.2) is 48.5 Å². The van der Waals surface area contributed by atoms with Gasteiger partial charge in [0.1, 0.15) is 0 Å². The number of anilines is 2. The molecule has 2 rings (SSSR count). The predicted molar refractivity (Wildman–Crippen MR) is 106 cm³/mol. The molecule has 0 aliphatic heterocycles. The molecule has 0 unspecified atom stereocenters. The summed E-state index contributed by atoms with van der Waals surface area (Å²) in [5.74, 6) is -1.16. The Morgan fingerprint density at radius 3 is 2.30 bits per heavy atom. The number of rotatable bonds is 8. The molecule has 0 saturated heterocycles. The zero-order chi connectivity index (χ0) is 19.6. The van der Waals surface area contributed by atoms with Crippen molar-refractivity contribution in [2.75, 3.05) is 23.7 Å². The van der Waals surface area contributed by atoms with Crippen molar-refractivity contribution in [3.8, 4) is 0 Å². The number of carbonyl (C=O) groups excluding carboxylic acids is 3. The SMILES string of the molecule is CC(=O)NCC(=O)NCC(=O)Nc1ccc(NCc2ccccc2)c(Cl)c1. The molecule has 0 aliphatic rings. The van der Waals surface area contributed by atoms with Gasteiger partial charge in [-0.1, -0.05) is 41.9 Å². The molecule has 0 fully saturated rings. The highest BCUT2D eigenvalue weighted by Crippen LogP contribution is 2.26. The van der Waals surface area contributed by atoms with Crippen LogP contribution in [0.3, 0.4) is 0 Å². The van der Waals surface area contributed by atoms with E-state index in [1.807, 2.05) is 30.3 Å². The van der Waals surface area contributed by atoms with Crippen LogP contribution in [0, 0.1) is 0 Å². The summed E-state index contributed by atoms with van der Waals surface area (Å²) in [4.78, 5) is 34.1. The van der Waals surface area contributed by atoms with E-state index in [0.717, 1.165) is 11.3 Å². The summed E-state index contributed by atoms with van der Waals surface area (Å²) in [7, 11) is 0. The summed E-state index contributed by atoms with van der Waals surface area (Å²) in [5, 5.41) is 11.1. The highest BCUT2D eigenvalue weighted by Gasteiger charge is 2.08. The third-order valence-corrected chi connectivity index (χ3v) is 3.84. The maximum atomic E-state index is 11.9. The lowest BCUT2D eigenvalue weighted by atomic mass is 10.2. The van der Waals surface area contributed by atoms with Gasteiger partial charge in [0.15, 0.2) is 0 Å². The van der Waals surface area contributed by atoms with Crippen molar-refractivity contribution in [2.45, 2.75) is 13.5 Å². The molecule has 0 atom stereocenters. The average molecular weight is 389 g/mol. The average Bonchev–Trinajstić information content (AvgIpc) is 2.65. The summed E-state index contributed by atoms with van der Waals surface area (Å²) >= 11 is 6.25. The molecule has 0 heterocycles. The fourth-order valence-electron chi connectivity index (χ4n) is 2.18. The van der Waals surface area contributed by atoms with Gasteiger partial charge in [-0.05, 0) is 23.8 Å². The summed E-state index contributed by atoms with van der Waals surface area (Å²) in [5.41, 5.74) is 2.40. The van der Waals surface area contributed by atoms with Gasteiger partial charge in [0, 0.05) is 19.2 Å². The molecule has 142 valence electrons. The standard InChI is InChI=1S/C19H21ClN4O3/c1-13(25)21-11-18(26)23-12-19(27)24-15-7-8-17(16(20)9-15)22-10-14-5-3-2-4-6-14/h2-9,22H,10-12H2,1H3,(H,21,25)(H,23,26)(H,24,27). The second kappa shape index (κ2) is 10.2. The molecule has 4 N–H and O–H groups in total. The molecule has 2 aromatic rings. The Bertz CT molecular complexity index is 812. The molecule has 2 aromatic carbocycles. The Hall–Kier alpha value is -3.06. The molecule has 8 heteroatoms. The van der Waals surface area contributed by atoms with Crippen LogP contribution in [0.2, 0.25) is 5.02 Å². The van der Waals surface area contributed by atoms with E-state index >= 15 is 0 Å². The van der Waals surface area contributed by atoms with Gasteiger partial charge in [0.05, 0.1) is 23.8 Å². The normalized spacial score (nSPS) is 10.0. The molecule has 0 bridgehead atoms. The fraction of sp³-hybridized carbons (Fsp3) is 0.211. The van der Waals surface area contributed by atoms with Crippen molar-refractivity contribution in [3.63, 3.8) is 0 Å². The Balaban J connectivity index is 1.81. The van der Waals surface area contributed by atoms with Gasteiger partial charge in [0.2, 0.25) is 17.7 Å². The minimum atomic E-state index is -0.446. The third kappa shape index (κ3) is 7.37. The smallest absolute Gasteiger partial charge is 0.243 e. The zero-order valence-electron chi connectivity index (χ0n) is 14.8. The quantitative estimate of drug-likeness (QED) is 0.556. The van der Waals surface area contributed by atoms with Crippen molar-refractivity contribution in [1.82, 2.24) is 10.6 Å². The Morgan fingerprint density at radius 1 is 0.926 bits per heavy atom. The van der Waals surface area contributed by atoms with Crippen molar-refractivity contribution < 1.29 is 14.4 Å². The van der Waals surface area contributed by atoms with Gasteiger partial charge < -0.3 is 21.3 Å². The third-order valence-electron chi connectivity index (χ3n) is 3.52. The van der Waals surface area contributed by atoms with Crippen molar-refractivity contribution in [1.29, 1.82) is 0 Å². The van der Waals surface area contributed by atoms with E-state index in [-0.39, 0.29) is 19.0 Å². The topological polar surface area (TPSA) is 99.3 Å². The van der Waals surface area contributed by atoms with E-state index < -0.39 is 11.8 Å². The maximum Gasteiger partial charge on any atom is 0.243 e. The summed E-state index contributed by atoms with van der Waals surface area (Å²) < 4.78 is 0. The molecule has 0 radical (unpaired) electrons. The van der Waals surface area contributed by atoms with Crippen LogP contribution < -0.4 is 21.3 Å². The van der Waals surface area contributed by atoms with E-state index in [2.05, 4.69) is 21.3 Å². The highest BCUT2D eigenvalue weighted by molar-refractivity contribution is 6.33. The number of benzene rings is 2. The lowest BCUT2D eigenvalue weighted by Crippen LogP contribution is -2.39. The van der Waals surface area contributed by atoms with Crippen LogP contribution in [0.1, 0.15) is 12.5 Å². The van der Waals surface area contributed by atoms with Crippen LogP contribution >= 0.6 is 11.6 Å². The predicted octanol–water partition coefficient (Wildman–Crippen LogP) is 2.14. The highest BCUT2D eigenvalue weighted by atomic mass is 35.5. The monoisotopic (exact) mass is 388 g/mol. The van der Waals surface area contributed by atoms with E-state index in [1.165, 1.54) is 6.92 Å². The molecule has 7 nitrogen and oxygen atoms in total. The lowest BCUT2D eigenvalue weighted by Gasteiger charge is -2.11. The summed E-state index contributed by atoms with van der Waals surface area (Å²) in [6.45, 7) is 1.56. The first-order valence-corrected chi connectivity index (χ1v) is 8.70. The van der Waals surface area contributed by atoms with E-state index in [0.29, 0.717) is 17.3 Å². The van der Waals surface area contributed by atoms with Gasteiger partial charge in [-0.3, -0.25) is 14.4 Å². The molecule has 0 spiro atoms. The first kappa shape index (κ1) is 20.3. The molecule has 3 amide bonds. The van der Waals surface area contributed by atoms with E-state index in [1.54, 1.807) is 18.2 Å². The molecule has 0 aromatic heterocycles. The maximum absolute atomic E-state index is 11.9. The van der Waals surface area contributed by atoms with Gasteiger partial charge >= 0.3 is 0 Å². The summed E-state index contributed by atoms with van der Waals surface area (Å²) in [6, 6.07) is 15.0. The molecule has 0 aliphatic carbocycles. The van der Waals surface area contributed by atoms with Gasteiger partial charge in [-0.25, -0.2) is 0 Å². The zero-order valence-corrected chi connectivity index (χ0v) is 15.6. The number of nitrogens with one attached hydrogen (secondary N) is 4. The Labute approximate surface area is 162 Å². The fourth-order valence-corrected chi connectivity index (χ4v) is 2.43. The second-order valence-corrected chi connectivity index (χ2v) is 6.18. The number of carbonyl (C=O) groups is 3. The largest absolute Gasteiger partial charge is 0.380 e. The van der Waals surface area contributed by atoms with Crippen molar-refractivity contribution in [3.05, 3.63) is 59.1 Å². The van der Waals surface area contributed by atoms with Gasteiger partial charge in [-0.2, -0.15) is 0 Å². The van der Waals surface area contributed by atoms with E-state index in [4.69, 9.17) is 11.6 Å². The molecular formula is C19H21ClN4O3. The van der Waals surface area contributed by atoms with E-state index in [9.17, 15) is 14.4 Å². The molecule has 27 heavy (non-hydrogen) atoms. The van der Waals surface area contributed by atoms with Gasteiger partial charge in [0.25, 0.3) is 0 Å². The van der Waals surface area contributed by atoms with Crippen LogP contribution in [0.4, 0.5) is 11.4 Å². The van der Waals surface area contributed by atoms with Crippen LogP contribution in [0.5, 0.6) is 0 Å². The lowest BCUT2D eigenvalue weighted by molar-refractivity contribution is -0.126. The molecule has 0 saturated carbocycles. The first-order valence-electron chi connectivity index (χ1n) is 8.32. The molecular weight excluding hydrogens is 368 g/mol. The Kier molecular flexibility index (Phi) is 7.63. The first-order chi connectivity index (χ1) is 12.9. The van der Waals surface area contributed by atoms with Crippen LogP contribution in [0.25, 0.3) is 0 Å². The summed E-state index contributed by atoms with van der Waals surface area (Å²) in [6.07, 6.45) is 0. The number of hydrogen-bond acceptors (Lipinski definition) is 4. The van der Waals surface area contributed by atoms with Crippen molar-refractivity contribution >= 4 is 40.7 Å². The van der Waals surface area contributed by atoms with Gasteiger partial charge in [-0.15, -0.1) is 0 Å². The number of hydrogen-bond donors (Lipinski definition) is 4. The second-order valence-electron chi connectivity index (χ2n) is 5.77. The van der Waals surface area contributed by atoms with Crippen LogP contribution in [-0.2, 0) is 20.9 Å². The minimum absolute atomic E-state index is 0.170. The number of amides is 3. The van der Waals surface area contributed by atoms with Crippen molar-refractivity contribution in [2.24, 2.45) is 0 Å².